The quantitative estimate of drug-likeness (QED) is 0.225. The fourth-order valence-corrected chi connectivity index (χ4v) is 5.10. The van der Waals surface area contributed by atoms with Crippen molar-refractivity contribution in [3.8, 4) is 11.8 Å². The summed E-state index contributed by atoms with van der Waals surface area (Å²) in [4.78, 5) is 29.2. The van der Waals surface area contributed by atoms with Gasteiger partial charge in [0.2, 0.25) is 0 Å². The Bertz CT molecular complexity index is 1340. The molecule has 1 aromatic heterocycles. The van der Waals surface area contributed by atoms with E-state index in [0.717, 1.165) is 25.0 Å². The second-order valence-electron chi connectivity index (χ2n) is 8.28. The number of benzene rings is 2. The lowest BCUT2D eigenvalue weighted by atomic mass is 10.1. The summed E-state index contributed by atoms with van der Waals surface area (Å²) in [5.74, 6) is -1.23. The van der Waals surface area contributed by atoms with Crippen molar-refractivity contribution in [3.05, 3.63) is 87.3 Å². The van der Waals surface area contributed by atoms with E-state index < -0.39 is 16.6 Å². The average Bonchev–Trinajstić information content (AvgIpc) is 2.92. The summed E-state index contributed by atoms with van der Waals surface area (Å²) in [7, 11) is 1.16. The highest BCUT2D eigenvalue weighted by atomic mass is 32.2. The Balaban J connectivity index is 1.32. The molecule has 0 N–H and O–H groups in total. The molecule has 0 unspecified atom stereocenters. The van der Waals surface area contributed by atoms with Crippen molar-refractivity contribution < 1.29 is 23.6 Å². The smallest absolute Gasteiger partial charge is 0.345 e. The van der Waals surface area contributed by atoms with Crippen LogP contribution < -0.4 is 9.64 Å². The first kappa shape index (κ1) is 25.9. The van der Waals surface area contributed by atoms with Crippen LogP contribution in [-0.4, -0.2) is 41.3 Å². The van der Waals surface area contributed by atoms with Crippen LogP contribution >= 0.6 is 11.8 Å². The molecule has 2 aromatic carbocycles. The molecule has 0 saturated carbocycles. The molecule has 1 aliphatic rings. The number of pyridine rings is 1. The zero-order chi connectivity index (χ0) is 26.4. The lowest BCUT2D eigenvalue weighted by Gasteiger charge is -2.33. The van der Waals surface area contributed by atoms with E-state index in [2.05, 4.69) is 9.72 Å². The highest BCUT2D eigenvalue weighted by molar-refractivity contribution is 7.99. The Hall–Kier alpha value is -4.17. The van der Waals surface area contributed by atoms with Crippen LogP contribution in [0.5, 0.6) is 5.75 Å². The van der Waals surface area contributed by atoms with Gasteiger partial charge in [0.1, 0.15) is 18.0 Å². The van der Waals surface area contributed by atoms with Gasteiger partial charge in [-0.1, -0.05) is 12.1 Å². The number of nitrogens with zero attached hydrogens (tertiary/aromatic N) is 4. The summed E-state index contributed by atoms with van der Waals surface area (Å²) in [6, 6.07) is 14.4. The maximum Gasteiger partial charge on any atom is 0.345 e. The van der Waals surface area contributed by atoms with Crippen molar-refractivity contribution in [3.63, 3.8) is 0 Å². The number of thioether (sulfide) groups is 1. The van der Waals surface area contributed by atoms with E-state index in [9.17, 15) is 19.3 Å². The predicted molar refractivity (Wildman–Crippen MR) is 135 cm³/mol. The predicted octanol–water partition coefficient (Wildman–Crippen LogP) is 5.13. The molecule has 1 aliphatic heterocycles. The number of halogens is 1. The van der Waals surface area contributed by atoms with Crippen molar-refractivity contribution in [2.75, 3.05) is 25.1 Å². The van der Waals surface area contributed by atoms with E-state index in [1.165, 1.54) is 24.3 Å². The van der Waals surface area contributed by atoms with E-state index >= 15 is 0 Å². The van der Waals surface area contributed by atoms with Crippen LogP contribution in [0.1, 0.15) is 34.3 Å². The second-order valence-corrected chi connectivity index (χ2v) is 9.60. The van der Waals surface area contributed by atoms with E-state index in [1.807, 2.05) is 23.1 Å². The number of anilines is 1. The number of nitro groups is 1. The molecule has 190 valence electrons. The third-order valence-electron chi connectivity index (χ3n) is 5.93. The van der Waals surface area contributed by atoms with E-state index in [0.29, 0.717) is 35.2 Å². The molecule has 0 radical (unpaired) electrons. The Kier molecular flexibility index (Phi) is 8.20. The molecule has 0 amide bonds. The third-order valence-corrected chi connectivity index (χ3v) is 7.21. The number of carbonyl (C=O) groups is 1. The summed E-state index contributed by atoms with van der Waals surface area (Å²) >= 11 is 1.65. The molecule has 37 heavy (non-hydrogen) atoms. The summed E-state index contributed by atoms with van der Waals surface area (Å²) < 4.78 is 24.6. The van der Waals surface area contributed by atoms with Gasteiger partial charge in [-0.05, 0) is 49.2 Å². The van der Waals surface area contributed by atoms with Crippen LogP contribution in [0.3, 0.4) is 0 Å². The Morgan fingerprint density at radius 1 is 1.27 bits per heavy atom. The molecule has 1 saturated heterocycles. The van der Waals surface area contributed by atoms with Crippen molar-refractivity contribution >= 4 is 29.1 Å². The molecular weight excluding hydrogens is 499 g/mol. The number of methoxy groups -OCH3 is 1. The first-order valence-electron chi connectivity index (χ1n) is 11.4. The van der Waals surface area contributed by atoms with Crippen LogP contribution in [0.4, 0.5) is 15.8 Å². The van der Waals surface area contributed by atoms with Crippen LogP contribution in [-0.2, 0) is 11.3 Å². The zero-order valence-corrected chi connectivity index (χ0v) is 20.7. The lowest BCUT2D eigenvalue weighted by Crippen LogP contribution is -2.35. The average molecular weight is 523 g/mol. The molecule has 1 fully saturated rings. The van der Waals surface area contributed by atoms with Gasteiger partial charge in [0.15, 0.2) is 5.75 Å². The third kappa shape index (κ3) is 6.16. The number of nitro benzene ring substituents is 1. The number of rotatable bonds is 8. The molecular formula is C26H23FN4O5S. The Labute approximate surface area is 217 Å². The first-order valence-corrected chi connectivity index (χ1v) is 12.3. The number of esters is 1. The molecule has 3 aromatic rings. The number of carbonyl (C=O) groups excluding carboxylic acids is 1. The number of hydrogen-bond donors (Lipinski definition) is 0. The van der Waals surface area contributed by atoms with Crippen LogP contribution in [0, 0.1) is 27.3 Å². The van der Waals surface area contributed by atoms with Crippen LogP contribution in [0.2, 0.25) is 0 Å². The Morgan fingerprint density at radius 2 is 2.05 bits per heavy atom. The fourth-order valence-electron chi connectivity index (χ4n) is 4.05. The van der Waals surface area contributed by atoms with Gasteiger partial charge in [-0.25, -0.2) is 14.2 Å². The maximum absolute atomic E-state index is 14.3. The van der Waals surface area contributed by atoms with Crippen molar-refractivity contribution in [2.45, 2.75) is 29.7 Å². The molecule has 2 heterocycles. The number of hydrogen-bond acceptors (Lipinski definition) is 9. The summed E-state index contributed by atoms with van der Waals surface area (Å²) in [6.45, 7) is 1.45. The molecule has 0 aliphatic carbocycles. The molecule has 0 spiro atoms. The van der Waals surface area contributed by atoms with Crippen molar-refractivity contribution in [2.24, 2.45) is 0 Å². The Morgan fingerprint density at radius 3 is 2.68 bits per heavy atom. The maximum atomic E-state index is 14.3. The summed E-state index contributed by atoms with van der Waals surface area (Å²) in [5, 5.41) is 21.6. The van der Waals surface area contributed by atoms with Gasteiger partial charge < -0.3 is 14.4 Å². The topological polar surface area (TPSA) is 119 Å². The van der Waals surface area contributed by atoms with Gasteiger partial charge in [-0.2, -0.15) is 5.26 Å². The molecule has 0 bridgehead atoms. The second kappa shape index (κ2) is 11.7. The van der Waals surface area contributed by atoms with E-state index in [4.69, 9.17) is 10.00 Å². The molecule has 11 heteroatoms. The van der Waals surface area contributed by atoms with Gasteiger partial charge >= 0.3 is 11.7 Å². The van der Waals surface area contributed by atoms with Crippen molar-refractivity contribution in [1.29, 1.82) is 5.26 Å². The molecule has 9 nitrogen and oxygen atoms in total. The summed E-state index contributed by atoms with van der Waals surface area (Å²) in [6.07, 6.45) is 3.37. The van der Waals surface area contributed by atoms with Gasteiger partial charge in [0.05, 0.1) is 34.4 Å². The first-order chi connectivity index (χ1) is 17.9. The van der Waals surface area contributed by atoms with E-state index in [-0.39, 0.29) is 23.7 Å². The van der Waals surface area contributed by atoms with Crippen LogP contribution in [0.25, 0.3) is 0 Å². The van der Waals surface area contributed by atoms with Crippen molar-refractivity contribution in [1.82, 2.24) is 4.98 Å². The number of para-hydroxylation sites is 1. The minimum absolute atomic E-state index is 0.0307. The molecule has 0 atom stereocenters. The highest BCUT2D eigenvalue weighted by Crippen LogP contribution is 2.33. The normalized spacial score (nSPS) is 13.6. The van der Waals surface area contributed by atoms with Gasteiger partial charge in [-0.15, -0.1) is 11.8 Å². The number of ether oxygens (including phenoxy) is 2. The number of piperidine rings is 1. The largest absolute Gasteiger partial charge is 0.482 e. The standard InChI is InChI=1S/C26H23FN4O5S/c1-35-26(32)20-3-2-4-23(25(20)31(33)34)36-16-18-6-8-24(29-15-18)37-19-9-11-30(12-10-19)22-7-5-17(14-28)13-21(22)27/h2-8,13,15,19H,9-12,16H2,1H3. The van der Waals surface area contributed by atoms with E-state index in [1.54, 1.807) is 30.1 Å². The molecule has 4 rings (SSSR count). The fraction of sp³-hybridized carbons (Fsp3) is 0.269. The van der Waals surface area contributed by atoms with Crippen LogP contribution in [0.15, 0.2) is 59.8 Å². The number of nitriles is 1. The van der Waals surface area contributed by atoms with Gasteiger partial charge in [0.25, 0.3) is 0 Å². The number of aromatic nitrogens is 1. The van der Waals surface area contributed by atoms with Gasteiger partial charge in [-0.3, -0.25) is 10.1 Å². The summed E-state index contributed by atoms with van der Waals surface area (Å²) in [5.41, 5.74) is 0.916. The van der Waals surface area contributed by atoms with Gasteiger partial charge in [0, 0.05) is 30.1 Å². The minimum atomic E-state index is -0.812. The SMILES string of the molecule is COC(=O)c1cccc(OCc2ccc(SC3CCN(c4ccc(C#N)cc4F)CC3)nc2)c1[N+](=O)[O-]. The zero-order valence-electron chi connectivity index (χ0n) is 19.9. The minimum Gasteiger partial charge on any atom is -0.482 e. The highest BCUT2D eigenvalue weighted by Gasteiger charge is 2.26. The monoisotopic (exact) mass is 522 g/mol. The lowest BCUT2D eigenvalue weighted by molar-refractivity contribution is -0.386.